The maximum Gasteiger partial charge on any atom is 0.157 e. The molecular weight excluding hydrogens is 396 g/mol. The summed E-state index contributed by atoms with van der Waals surface area (Å²) in [6.07, 6.45) is 8.26. The normalized spacial score (nSPS) is 26.8. The molecule has 4 aliphatic heterocycles. The average molecular weight is 421 g/mol. The lowest BCUT2D eigenvalue weighted by Crippen LogP contribution is -2.58. The van der Waals surface area contributed by atoms with Crippen LogP contribution in [0.5, 0.6) is 0 Å². The Bertz CT molecular complexity index is 1300. The van der Waals surface area contributed by atoms with Gasteiger partial charge in [0.2, 0.25) is 0 Å². The van der Waals surface area contributed by atoms with Crippen molar-refractivity contribution in [1.82, 2.24) is 14.9 Å². The lowest BCUT2D eigenvalue weighted by atomic mass is 9.72. The molecular formula is C26H24N6. The third-order valence-corrected chi connectivity index (χ3v) is 7.60. The van der Waals surface area contributed by atoms with Crippen molar-refractivity contribution in [3.8, 4) is 0 Å². The Kier molecular flexibility index (Phi) is 3.42. The zero-order chi connectivity index (χ0) is 21.6. The highest BCUT2D eigenvalue weighted by Crippen LogP contribution is 2.59. The third-order valence-electron chi connectivity index (χ3n) is 7.60. The monoisotopic (exact) mass is 420 g/mol. The topological polar surface area (TPSA) is 38.7 Å². The van der Waals surface area contributed by atoms with Crippen LogP contribution in [0.15, 0.2) is 80.0 Å². The van der Waals surface area contributed by atoms with Crippen LogP contribution in [0.3, 0.4) is 0 Å². The number of fused-ring (bicyclic) bond motifs is 12. The Morgan fingerprint density at radius 2 is 1.66 bits per heavy atom. The Labute approximate surface area is 187 Å². The molecule has 0 amide bonds. The lowest BCUT2D eigenvalue weighted by molar-refractivity contribution is 0.204. The van der Waals surface area contributed by atoms with Gasteiger partial charge in [-0.15, -0.1) is 0 Å². The van der Waals surface area contributed by atoms with Gasteiger partial charge in [0.15, 0.2) is 5.82 Å². The molecule has 5 heterocycles. The molecule has 4 atom stereocenters. The van der Waals surface area contributed by atoms with E-state index in [0.29, 0.717) is 0 Å². The molecule has 2 aromatic carbocycles. The van der Waals surface area contributed by atoms with Gasteiger partial charge in [0.25, 0.3) is 0 Å². The maximum absolute atomic E-state index is 4.71. The van der Waals surface area contributed by atoms with E-state index in [9.17, 15) is 0 Å². The molecule has 6 heteroatoms. The van der Waals surface area contributed by atoms with E-state index in [1.807, 2.05) is 6.20 Å². The zero-order valence-corrected chi connectivity index (χ0v) is 18.1. The molecule has 0 bridgehead atoms. The number of hydrogen-bond acceptors (Lipinski definition) is 6. The first kappa shape index (κ1) is 17.8. The molecule has 0 spiro atoms. The summed E-state index contributed by atoms with van der Waals surface area (Å²) in [5.41, 5.74) is 7.22. The number of allylic oxidation sites excluding steroid dienone is 1. The summed E-state index contributed by atoms with van der Waals surface area (Å²) in [5.74, 6) is 1.38. The number of anilines is 4. The molecule has 32 heavy (non-hydrogen) atoms. The van der Waals surface area contributed by atoms with Crippen LogP contribution in [0.1, 0.15) is 17.0 Å². The van der Waals surface area contributed by atoms with Gasteiger partial charge in [-0.25, -0.2) is 9.97 Å². The van der Waals surface area contributed by atoms with E-state index >= 15 is 0 Å². The van der Waals surface area contributed by atoms with E-state index in [0.717, 1.165) is 11.5 Å². The predicted octanol–water partition coefficient (Wildman–Crippen LogP) is 4.38. The summed E-state index contributed by atoms with van der Waals surface area (Å²) in [4.78, 5) is 18.6. The van der Waals surface area contributed by atoms with Crippen molar-refractivity contribution in [3.05, 3.63) is 91.2 Å². The molecule has 0 saturated carbocycles. The Morgan fingerprint density at radius 3 is 2.53 bits per heavy atom. The highest BCUT2D eigenvalue weighted by molar-refractivity contribution is 5.91. The highest BCUT2D eigenvalue weighted by Gasteiger charge is 2.55. The molecule has 3 aromatic rings. The van der Waals surface area contributed by atoms with Gasteiger partial charge in [-0.1, -0.05) is 43.0 Å². The molecule has 0 radical (unpaired) electrons. The first-order chi connectivity index (χ1) is 15.7. The van der Waals surface area contributed by atoms with Gasteiger partial charge < -0.3 is 19.6 Å². The smallest absolute Gasteiger partial charge is 0.157 e. The van der Waals surface area contributed by atoms with Crippen LogP contribution in [0, 0.1) is 5.92 Å². The van der Waals surface area contributed by atoms with Crippen molar-refractivity contribution >= 4 is 28.5 Å². The van der Waals surface area contributed by atoms with Gasteiger partial charge in [-0.2, -0.15) is 0 Å². The van der Waals surface area contributed by atoms with Crippen LogP contribution in [-0.2, 0) is 0 Å². The fourth-order valence-corrected chi connectivity index (χ4v) is 6.36. The van der Waals surface area contributed by atoms with E-state index in [1.54, 1.807) is 6.33 Å². The second-order valence-electron chi connectivity index (χ2n) is 9.07. The van der Waals surface area contributed by atoms with Crippen LogP contribution in [0.25, 0.3) is 5.57 Å². The number of para-hydroxylation sites is 2. The minimum atomic E-state index is 0.0790. The van der Waals surface area contributed by atoms with Crippen LogP contribution in [0.4, 0.5) is 22.9 Å². The second-order valence-corrected chi connectivity index (χ2v) is 9.07. The van der Waals surface area contributed by atoms with E-state index in [-0.39, 0.29) is 24.2 Å². The van der Waals surface area contributed by atoms with Crippen molar-refractivity contribution in [3.63, 3.8) is 0 Å². The largest absolute Gasteiger partial charge is 0.358 e. The summed E-state index contributed by atoms with van der Waals surface area (Å²) in [6.45, 7) is 4.71. The molecule has 0 saturated heterocycles. The van der Waals surface area contributed by atoms with Crippen molar-refractivity contribution in [2.45, 2.75) is 18.2 Å². The highest BCUT2D eigenvalue weighted by atomic mass is 15.5. The summed E-state index contributed by atoms with van der Waals surface area (Å²) in [6, 6.07) is 17.5. The molecule has 1 aromatic heterocycles. The first-order valence-corrected chi connectivity index (χ1v) is 11.0. The Hall–Kier alpha value is -3.80. The SMILES string of the molecule is C=C1c2ccccc2N2c3cncnc3N(C)C2C2C3N(C)C=CN3c3ccccc3[C@H]12. The molecule has 158 valence electrons. The molecule has 7 rings (SSSR count). The van der Waals surface area contributed by atoms with Crippen molar-refractivity contribution in [1.29, 1.82) is 0 Å². The van der Waals surface area contributed by atoms with Gasteiger partial charge >= 0.3 is 0 Å². The lowest BCUT2D eigenvalue weighted by Gasteiger charge is -2.50. The quantitative estimate of drug-likeness (QED) is 0.537. The van der Waals surface area contributed by atoms with E-state index in [4.69, 9.17) is 6.58 Å². The summed E-state index contributed by atoms with van der Waals surface area (Å²) >= 11 is 0. The van der Waals surface area contributed by atoms with Crippen molar-refractivity contribution in [2.24, 2.45) is 5.92 Å². The molecule has 0 N–H and O–H groups in total. The van der Waals surface area contributed by atoms with Crippen molar-refractivity contribution < 1.29 is 0 Å². The van der Waals surface area contributed by atoms with Gasteiger partial charge in [0.1, 0.15) is 24.3 Å². The molecule has 0 fully saturated rings. The number of nitrogens with zero attached hydrogens (tertiary/aromatic N) is 6. The minimum absolute atomic E-state index is 0.0790. The molecule has 4 aliphatic rings. The average Bonchev–Trinajstić information content (AvgIpc) is 3.32. The maximum atomic E-state index is 4.71. The summed E-state index contributed by atoms with van der Waals surface area (Å²) in [7, 11) is 4.34. The summed E-state index contributed by atoms with van der Waals surface area (Å²) < 4.78 is 0. The fraction of sp³-hybridized carbons (Fsp3) is 0.231. The zero-order valence-electron chi connectivity index (χ0n) is 18.1. The standard InChI is InChI=1S/C26H24N6/c1-16-17-8-4-7-11-20(17)32-21-14-27-15-28-24(21)30(3)26(32)23-22(16)18-9-5-6-10-19(18)31-13-12-29(2)25(23)31/h4-15,22-23,25-26H,1H2,2-3H3/t22-,23?,25?,26?/m0/s1. The Balaban J connectivity index is 1.55. The number of rotatable bonds is 0. The summed E-state index contributed by atoms with van der Waals surface area (Å²) in [5, 5.41) is 0. The van der Waals surface area contributed by atoms with Crippen LogP contribution < -0.4 is 14.7 Å². The van der Waals surface area contributed by atoms with Crippen LogP contribution in [-0.4, -0.2) is 41.3 Å². The third kappa shape index (κ3) is 2.04. The van der Waals surface area contributed by atoms with E-state index in [1.165, 1.54) is 28.1 Å². The predicted molar refractivity (Wildman–Crippen MR) is 128 cm³/mol. The number of benzene rings is 2. The van der Waals surface area contributed by atoms with Crippen LogP contribution >= 0.6 is 0 Å². The fourth-order valence-electron chi connectivity index (χ4n) is 6.36. The molecule has 6 nitrogen and oxygen atoms in total. The van der Waals surface area contributed by atoms with Gasteiger partial charge in [0.05, 0.1) is 11.9 Å². The van der Waals surface area contributed by atoms with E-state index in [2.05, 4.69) is 105 Å². The molecule has 0 aliphatic carbocycles. The molecule has 3 unspecified atom stereocenters. The number of aromatic nitrogens is 2. The second kappa shape index (κ2) is 6.13. The number of hydrogen-bond donors (Lipinski definition) is 0. The minimum Gasteiger partial charge on any atom is -0.358 e. The van der Waals surface area contributed by atoms with Gasteiger partial charge in [0, 0.05) is 49.6 Å². The van der Waals surface area contributed by atoms with Crippen molar-refractivity contribution in [2.75, 3.05) is 28.8 Å². The van der Waals surface area contributed by atoms with E-state index < -0.39 is 0 Å². The first-order valence-electron chi connectivity index (χ1n) is 11.0. The van der Waals surface area contributed by atoms with Crippen LogP contribution in [0.2, 0.25) is 0 Å². The van der Waals surface area contributed by atoms with Gasteiger partial charge in [-0.05, 0) is 23.3 Å². The van der Waals surface area contributed by atoms with Gasteiger partial charge in [-0.3, -0.25) is 0 Å². The Morgan fingerprint density at radius 1 is 0.875 bits per heavy atom.